The summed E-state index contributed by atoms with van der Waals surface area (Å²) in [4.78, 5) is 14.2. The van der Waals surface area contributed by atoms with Crippen LogP contribution in [0.1, 0.15) is 10.4 Å². The van der Waals surface area contributed by atoms with E-state index >= 15 is 0 Å². The van der Waals surface area contributed by atoms with Crippen LogP contribution in [0.15, 0.2) is 65.1 Å². The summed E-state index contributed by atoms with van der Waals surface area (Å²) in [6, 6.07) is 18.0. The van der Waals surface area contributed by atoms with Gasteiger partial charge < -0.3 is 14.5 Å². The Labute approximate surface area is 142 Å². The number of aromatic nitrogens is 1. The first-order valence-electron chi connectivity index (χ1n) is 7.33. The fraction of sp³-hybridized carbons (Fsp3) is 0. The summed E-state index contributed by atoms with van der Waals surface area (Å²) < 4.78 is 5.84. The molecule has 0 amide bonds. The molecule has 2 aromatic carbocycles. The molecule has 2 heterocycles. The van der Waals surface area contributed by atoms with E-state index in [0.717, 1.165) is 27.9 Å². The van der Waals surface area contributed by atoms with Crippen LogP contribution < -0.4 is 0 Å². The van der Waals surface area contributed by atoms with Crippen molar-refractivity contribution in [3.8, 4) is 22.7 Å². The Morgan fingerprint density at radius 1 is 1.00 bits per heavy atom. The molecule has 4 nitrogen and oxygen atoms in total. The predicted molar refractivity (Wildman–Crippen MR) is 93.4 cm³/mol. The first kappa shape index (κ1) is 14.6. The summed E-state index contributed by atoms with van der Waals surface area (Å²) in [5.74, 6) is -0.237. The second-order valence-corrected chi connectivity index (χ2v) is 5.84. The number of aromatic amines is 1. The Balaban J connectivity index is 1.71. The first-order valence-corrected chi connectivity index (χ1v) is 7.71. The van der Waals surface area contributed by atoms with Gasteiger partial charge in [0.25, 0.3) is 0 Å². The minimum atomic E-state index is -0.937. The van der Waals surface area contributed by atoms with Crippen molar-refractivity contribution < 1.29 is 14.3 Å². The van der Waals surface area contributed by atoms with Crippen LogP contribution in [0.5, 0.6) is 0 Å². The van der Waals surface area contributed by atoms with Crippen molar-refractivity contribution in [2.24, 2.45) is 0 Å². The number of H-pyrrole nitrogens is 1. The zero-order chi connectivity index (χ0) is 16.7. The second-order valence-electron chi connectivity index (χ2n) is 5.43. The number of benzene rings is 2. The zero-order valence-electron chi connectivity index (χ0n) is 12.4. The smallest absolute Gasteiger partial charge is 0.335 e. The molecule has 24 heavy (non-hydrogen) atoms. The van der Waals surface area contributed by atoms with E-state index in [0.29, 0.717) is 10.8 Å². The summed E-state index contributed by atoms with van der Waals surface area (Å²) in [6.07, 6.45) is 0. The second kappa shape index (κ2) is 5.58. The largest absolute Gasteiger partial charge is 0.478 e. The minimum Gasteiger partial charge on any atom is -0.478 e. The third-order valence-corrected chi connectivity index (χ3v) is 4.23. The van der Waals surface area contributed by atoms with E-state index in [2.05, 4.69) is 4.98 Å². The molecular formula is C19H12ClNO3. The summed E-state index contributed by atoms with van der Waals surface area (Å²) in [7, 11) is 0. The molecule has 0 spiro atoms. The van der Waals surface area contributed by atoms with Gasteiger partial charge in [0.2, 0.25) is 0 Å². The van der Waals surface area contributed by atoms with Crippen LogP contribution in [0.4, 0.5) is 0 Å². The molecule has 0 unspecified atom stereocenters. The molecule has 0 bridgehead atoms. The number of carbonyl (C=O) groups is 1. The number of hydrogen-bond acceptors (Lipinski definition) is 2. The molecule has 0 radical (unpaired) electrons. The molecule has 5 heteroatoms. The normalized spacial score (nSPS) is 11.0. The number of halogens is 1. The lowest BCUT2D eigenvalue weighted by atomic mass is 10.1. The highest BCUT2D eigenvalue weighted by Crippen LogP contribution is 2.32. The molecule has 0 saturated heterocycles. The van der Waals surface area contributed by atoms with E-state index < -0.39 is 5.97 Å². The van der Waals surface area contributed by atoms with Crippen molar-refractivity contribution in [1.82, 2.24) is 4.98 Å². The van der Waals surface area contributed by atoms with Gasteiger partial charge in [0.05, 0.1) is 16.3 Å². The van der Waals surface area contributed by atoms with Crippen LogP contribution in [0.3, 0.4) is 0 Å². The van der Waals surface area contributed by atoms with Crippen LogP contribution in [0.2, 0.25) is 5.02 Å². The number of carboxylic acid groups (broad SMARTS) is 1. The van der Waals surface area contributed by atoms with Gasteiger partial charge in [0, 0.05) is 11.1 Å². The minimum absolute atomic E-state index is 0.262. The molecular weight excluding hydrogens is 326 g/mol. The Hall–Kier alpha value is -2.98. The standard InChI is InChI=1S/C19H12ClNO3/c20-14-2-1-3-17-13(14)10-18(24-17)16-9-8-15(21-16)11-4-6-12(7-5-11)19(22)23/h1-10,21H,(H,22,23). The Morgan fingerprint density at radius 3 is 2.46 bits per heavy atom. The van der Waals surface area contributed by atoms with E-state index in [1.165, 1.54) is 0 Å². The number of aromatic carboxylic acids is 1. The van der Waals surface area contributed by atoms with Crippen LogP contribution in [0, 0.1) is 0 Å². The fourth-order valence-electron chi connectivity index (χ4n) is 2.66. The quantitative estimate of drug-likeness (QED) is 0.522. The lowest BCUT2D eigenvalue weighted by Crippen LogP contribution is -1.94. The van der Waals surface area contributed by atoms with Gasteiger partial charge in [0.15, 0.2) is 5.76 Å². The van der Waals surface area contributed by atoms with Crippen molar-refractivity contribution >= 4 is 28.5 Å². The number of furan rings is 1. The Morgan fingerprint density at radius 2 is 1.75 bits per heavy atom. The fourth-order valence-corrected chi connectivity index (χ4v) is 2.88. The van der Waals surface area contributed by atoms with Crippen LogP contribution in [0.25, 0.3) is 33.7 Å². The molecule has 4 rings (SSSR count). The van der Waals surface area contributed by atoms with Gasteiger partial charge in [-0.2, -0.15) is 0 Å². The highest BCUT2D eigenvalue weighted by Gasteiger charge is 2.11. The third kappa shape index (κ3) is 2.47. The summed E-state index contributed by atoms with van der Waals surface area (Å²) in [6.45, 7) is 0. The highest BCUT2D eigenvalue weighted by molar-refractivity contribution is 6.35. The number of nitrogens with one attached hydrogen (secondary N) is 1. The molecule has 2 N–H and O–H groups in total. The summed E-state index contributed by atoms with van der Waals surface area (Å²) in [5, 5.41) is 10.5. The van der Waals surface area contributed by atoms with Crippen molar-refractivity contribution in [3.63, 3.8) is 0 Å². The summed E-state index contributed by atoms with van der Waals surface area (Å²) >= 11 is 6.18. The van der Waals surface area contributed by atoms with E-state index in [-0.39, 0.29) is 5.56 Å². The molecule has 118 valence electrons. The summed E-state index contributed by atoms with van der Waals surface area (Å²) in [5.41, 5.74) is 3.62. The predicted octanol–water partition coefficient (Wildman–Crippen LogP) is 5.45. The van der Waals surface area contributed by atoms with Gasteiger partial charge in [0.1, 0.15) is 5.58 Å². The van der Waals surface area contributed by atoms with Gasteiger partial charge >= 0.3 is 5.97 Å². The van der Waals surface area contributed by atoms with Gasteiger partial charge in [-0.25, -0.2) is 4.79 Å². The number of fused-ring (bicyclic) bond motifs is 1. The molecule has 0 aliphatic heterocycles. The van der Waals surface area contributed by atoms with Gasteiger partial charge in [-0.3, -0.25) is 0 Å². The molecule has 0 fully saturated rings. The number of rotatable bonds is 3. The molecule has 0 aliphatic carbocycles. The van der Waals surface area contributed by atoms with Gasteiger partial charge in [-0.1, -0.05) is 29.8 Å². The maximum atomic E-state index is 10.9. The van der Waals surface area contributed by atoms with Crippen LogP contribution in [-0.4, -0.2) is 16.1 Å². The monoisotopic (exact) mass is 337 g/mol. The SMILES string of the molecule is O=C(O)c1ccc(-c2ccc(-c3cc4c(Cl)cccc4o3)[nH]2)cc1. The van der Waals surface area contributed by atoms with Crippen LogP contribution in [-0.2, 0) is 0 Å². The molecule has 0 atom stereocenters. The zero-order valence-corrected chi connectivity index (χ0v) is 13.2. The Bertz CT molecular complexity index is 1040. The van der Waals surface area contributed by atoms with Crippen molar-refractivity contribution in [3.05, 3.63) is 71.2 Å². The first-order chi connectivity index (χ1) is 11.6. The third-order valence-electron chi connectivity index (χ3n) is 3.90. The lowest BCUT2D eigenvalue weighted by molar-refractivity contribution is 0.0697. The van der Waals surface area contributed by atoms with Crippen molar-refractivity contribution in [1.29, 1.82) is 0 Å². The van der Waals surface area contributed by atoms with Gasteiger partial charge in [-0.05, 0) is 48.0 Å². The average Bonchev–Trinajstić information content (AvgIpc) is 3.22. The maximum absolute atomic E-state index is 10.9. The number of hydrogen-bond donors (Lipinski definition) is 2. The van der Waals surface area contributed by atoms with E-state index in [1.54, 1.807) is 24.3 Å². The molecule has 0 aliphatic rings. The van der Waals surface area contributed by atoms with Gasteiger partial charge in [-0.15, -0.1) is 0 Å². The maximum Gasteiger partial charge on any atom is 0.335 e. The Kier molecular flexibility index (Phi) is 3.40. The number of carboxylic acids is 1. The van der Waals surface area contributed by atoms with Crippen LogP contribution >= 0.6 is 11.6 Å². The van der Waals surface area contributed by atoms with E-state index in [4.69, 9.17) is 21.1 Å². The van der Waals surface area contributed by atoms with Crippen molar-refractivity contribution in [2.75, 3.05) is 0 Å². The van der Waals surface area contributed by atoms with E-state index in [9.17, 15) is 4.79 Å². The van der Waals surface area contributed by atoms with Crippen molar-refractivity contribution in [2.45, 2.75) is 0 Å². The highest BCUT2D eigenvalue weighted by atomic mass is 35.5. The lowest BCUT2D eigenvalue weighted by Gasteiger charge is -1.99. The topological polar surface area (TPSA) is 66.2 Å². The molecule has 2 aromatic heterocycles. The average molecular weight is 338 g/mol. The molecule has 4 aromatic rings. The van der Waals surface area contributed by atoms with E-state index in [1.807, 2.05) is 36.4 Å². The molecule has 0 saturated carbocycles.